The molecule has 0 radical (unpaired) electrons. The predicted octanol–water partition coefficient (Wildman–Crippen LogP) is 2.46. The van der Waals surface area contributed by atoms with Gasteiger partial charge in [-0.2, -0.15) is 0 Å². The van der Waals surface area contributed by atoms with Gasteiger partial charge in [-0.3, -0.25) is 9.59 Å². The second-order valence-corrected chi connectivity index (χ2v) is 5.31. The molecule has 0 saturated carbocycles. The first kappa shape index (κ1) is 14.7. The Morgan fingerprint density at radius 1 is 1.30 bits per heavy atom. The Labute approximate surface area is 119 Å². The summed E-state index contributed by atoms with van der Waals surface area (Å²) in [4.78, 5) is 24.1. The number of ketones is 1. The lowest BCUT2D eigenvalue weighted by Gasteiger charge is -2.30. The number of ether oxygens (including phenoxy) is 2. The summed E-state index contributed by atoms with van der Waals surface area (Å²) in [6.07, 6.45) is 0.0168. The maximum Gasteiger partial charge on any atom is 0.319 e. The highest BCUT2D eigenvalue weighted by molar-refractivity contribution is 5.98. The molecule has 4 nitrogen and oxygen atoms in total. The van der Waals surface area contributed by atoms with Gasteiger partial charge in [-0.05, 0) is 38.3 Å². The topological polar surface area (TPSA) is 52.6 Å². The number of benzene rings is 1. The molecule has 2 rings (SSSR count). The van der Waals surface area contributed by atoms with Crippen molar-refractivity contribution >= 4 is 11.8 Å². The minimum Gasteiger partial charge on any atom is -0.462 e. The van der Waals surface area contributed by atoms with Gasteiger partial charge in [-0.25, -0.2) is 0 Å². The van der Waals surface area contributed by atoms with Gasteiger partial charge < -0.3 is 9.47 Å². The molecular weight excluding hydrogens is 256 g/mol. The zero-order valence-corrected chi connectivity index (χ0v) is 12.1. The van der Waals surface area contributed by atoms with Crippen molar-refractivity contribution in [2.45, 2.75) is 39.4 Å². The van der Waals surface area contributed by atoms with E-state index in [2.05, 4.69) is 0 Å². The van der Waals surface area contributed by atoms with Crippen LogP contribution in [-0.2, 0) is 25.5 Å². The van der Waals surface area contributed by atoms with E-state index in [1.54, 1.807) is 13.8 Å². The Morgan fingerprint density at radius 3 is 2.65 bits per heavy atom. The number of Topliss-reactive ketones (excluding diaryl/α,β-unsaturated/α-hetero) is 1. The van der Waals surface area contributed by atoms with Crippen LogP contribution < -0.4 is 0 Å². The van der Waals surface area contributed by atoms with E-state index >= 15 is 0 Å². The molecule has 108 valence electrons. The van der Waals surface area contributed by atoms with Crippen LogP contribution in [0.3, 0.4) is 0 Å². The van der Waals surface area contributed by atoms with E-state index in [-0.39, 0.29) is 11.9 Å². The summed E-state index contributed by atoms with van der Waals surface area (Å²) in [6.45, 7) is 5.46. The van der Waals surface area contributed by atoms with Crippen LogP contribution in [0.2, 0.25) is 0 Å². The van der Waals surface area contributed by atoms with Gasteiger partial charge in [0.1, 0.15) is 17.8 Å². The van der Waals surface area contributed by atoms with Gasteiger partial charge in [0.2, 0.25) is 0 Å². The van der Waals surface area contributed by atoms with Crippen LogP contribution in [0.25, 0.3) is 0 Å². The minimum absolute atomic E-state index is 0.225. The summed E-state index contributed by atoms with van der Waals surface area (Å²) < 4.78 is 10.9. The average molecular weight is 276 g/mol. The third-order valence-electron chi connectivity index (χ3n) is 3.38. The normalized spacial score (nSPS) is 19.3. The number of hydrogen-bond donors (Lipinski definition) is 0. The molecule has 20 heavy (non-hydrogen) atoms. The van der Waals surface area contributed by atoms with Gasteiger partial charge in [-0.15, -0.1) is 0 Å². The zero-order chi connectivity index (χ0) is 14.7. The number of fused-ring (bicyclic) bond motifs is 1. The van der Waals surface area contributed by atoms with Crippen molar-refractivity contribution in [2.75, 3.05) is 6.61 Å². The third kappa shape index (κ3) is 3.07. The first-order valence-electron chi connectivity index (χ1n) is 6.91. The van der Waals surface area contributed by atoms with E-state index < -0.39 is 18.0 Å². The van der Waals surface area contributed by atoms with Crippen LogP contribution in [0.15, 0.2) is 24.3 Å². The summed E-state index contributed by atoms with van der Waals surface area (Å²) in [7, 11) is 0. The smallest absolute Gasteiger partial charge is 0.319 e. The molecule has 2 atom stereocenters. The van der Waals surface area contributed by atoms with Crippen molar-refractivity contribution in [3.63, 3.8) is 0 Å². The standard InChI is InChI=1S/C16H20O4/c1-10(2)20-16(18)14(11(3)17)15-13-7-5-4-6-12(13)8-9-19-15/h4-7,10,14-15H,8-9H2,1-3H3. The van der Waals surface area contributed by atoms with E-state index in [0.29, 0.717) is 6.61 Å². The fourth-order valence-electron chi connectivity index (χ4n) is 2.51. The highest BCUT2D eigenvalue weighted by Gasteiger charge is 2.38. The summed E-state index contributed by atoms with van der Waals surface area (Å²) >= 11 is 0. The zero-order valence-electron chi connectivity index (χ0n) is 12.1. The van der Waals surface area contributed by atoms with Gasteiger partial charge in [0.05, 0.1) is 12.7 Å². The quantitative estimate of drug-likeness (QED) is 0.626. The van der Waals surface area contributed by atoms with Crippen molar-refractivity contribution in [3.05, 3.63) is 35.4 Å². The van der Waals surface area contributed by atoms with Crippen LogP contribution in [-0.4, -0.2) is 24.5 Å². The number of carbonyl (C=O) groups is 2. The highest BCUT2D eigenvalue weighted by Crippen LogP contribution is 2.34. The van der Waals surface area contributed by atoms with Crippen molar-refractivity contribution in [1.29, 1.82) is 0 Å². The lowest BCUT2D eigenvalue weighted by atomic mass is 9.87. The van der Waals surface area contributed by atoms with Gasteiger partial charge in [-0.1, -0.05) is 24.3 Å². The Balaban J connectivity index is 2.32. The predicted molar refractivity (Wildman–Crippen MR) is 74.2 cm³/mol. The average Bonchev–Trinajstić information content (AvgIpc) is 2.38. The Bertz CT molecular complexity index is 507. The van der Waals surface area contributed by atoms with Crippen molar-refractivity contribution in [3.8, 4) is 0 Å². The maximum atomic E-state index is 12.2. The molecule has 4 heteroatoms. The molecule has 0 aromatic heterocycles. The van der Waals surface area contributed by atoms with Crippen molar-refractivity contribution in [1.82, 2.24) is 0 Å². The van der Waals surface area contributed by atoms with Crippen LogP contribution in [0.5, 0.6) is 0 Å². The number of rotatable bonds is 4. The number of esters is 1. The van der Waals surface area contributed by atoms with Crippen molar-refractivity contribution < 1.29 is 19.1 Å². The second-order valence-electron chi connectivity index (χ2n) is 5.31. The molecule has 0 N–H and O–H groups in total. The molecule has 0 bridgehead atoms. The summed E-state index contributed by atoms with van der Waals surface area (Å²) in [5.41, 5.74) is 2.05. The maximum absolute atomic E-state index is 12.2. The number of hydrogen-bond acceptors (Lipinski definition) is 4. The van der Waals surface area contributed by atoms with Crippen LogP contribution >= 0.6 is 0 Å². The highest BCUT2D eigenvalue weighted by atomic mass is 16.5. The molecule has 0 amide bonds. The molecule has 1 aliphatic rings. The van der Waals surface area contributed by atoms with Crippen LogP contribution in [0, 0.1) is 5.92 Å². The molecule has 0 saturated heterocycles. The molecule has 1 aliphatic heterocycles. The van der Waals surface area contributed by atoms with E-state index in [1.807, 2.05) is 24.3 Å². The molecule has 1 aromatic carbocycles. The Kier molecular flexibility index (Phi) is 4.55. The molecule has 1 aromatic rings. The third-order valence-corrected chi connectivity index (χ3v) is 3.38. The van der Waals surface area contributed by atoms with Crippen LogP contribution in [0.4, 0.5) is 0 Å². The van der Waals surface area contributed by atoms with E-state index in [9.17, 15) is 9.59 Å². The van der Waals surface area contributed by atoms with E-state index in [1.165, 1.54) is 6.92 Å². The van der Waals surface area contributed by atoms with E-state index in [4.69, 9.17) is 9.47 Å². The molecule has 0 fully saturated rings. The number of carbonyl (C=O) groups excluding carboxylic acids is 2. The van der Waals surface area contributed by atoms with Gasteiger partial charge >= 0.3 is 5.97 Å². The van der Waals surface area contributed by atoms with Crippen LogP contribution in [0.1, 0.15) is 38.0 Å². The van der Waals surface area contributed by atoms with Gasteiger partial charge in [0, 0.05) is 0 Å². The lowest BCUT2D eigenvalue weighted by molar-refractivity contribution is -0.162. The van der Waals surface area contributed by atoms with Gasteiger partial charge in [0.25, 0.3) is 0 Å². The molecule has 0 aliphatic carbocycles. The fraction of sp³-hybridized carbons (Fsp3) is 0.500. The monoisotopic (exact) mass is 276 g/mol. The Morgan fingerprint density at radius 2 is 2.00 bits per heavy atom. The second kappa shape index (κ2) is 6.18. The fourth-order valence-corrected chi connectivity index (χ4v) is 2.51. The summed E-state index contributed by atoms with van der Waals surface area (Å²) in [5.74, 6) is -1.62. The first-order chi connectivity index (χ1) is 9.50. The SMILES string of the molecule is CC(=O)C(C(=O)OC(C)C)C1OCCc2ccccc21. The lowest BCUT2D eigenvalue weighted by Crippen LogP contribution is -2.35. The minimum atomic E-state index is -0.890. The molecule has 0 spiro atoms. The van der Waals surface area contributed by atoms with E-state index in [0.717, 1.165) is 17.5 Å². The first-order valence-corrected chi connectivity index (χ1v) is 6.91. The summed E-state index contributed by atoms with van der Waals surface area (Å²) in [6, 6.07) is 7.77. The Hall–Kier alpha value is -1.68. The summed E-state index contributed by atoms with van der Waals surface area (Å²) in [5, 5.41) is 0. The molecule has 1 heterocycles. The molecular formula is C16H20O4. The largest absolute Gasteiger partial charge is 0.462 e. The molecule has 2 unspecified atom stereocenters. The van der Waals surface area contributed by atoms with Gasteiger partial charge in [0.15, 0.2) is 0 Å². The van der Waals surface area contributed by atoms with Crippen molar-refractivity contribution in [2.24, 2.45) is 5.92 Å².